The Labute approximate surface area is 263 Å². The zero-order valence-electron chi connectivity index (χ0n) is 22.4. The van der Waals surface area contributed by atoms with Crippen molar-refractivity contribution in [1.29, 1.82) is 0 Å². The quantitative estimate of drug-likeness (QED) is 0.143. The largest absolute Gasteiger partial charge is 0.386 e. The number of rotatable bonds is 2. The molecule has 7 heterocycles. The normalized spacial score (nSPS) is 36.7. The lowest BCUT2D eigenvalue weighted by atomic mass is 10.1. The summed E-state index contributed by atoms with van der Waals surface area (Å²) in [5.74, 6) is -4.53. The van der Waals surface area contributed by atoms with Crippen molar-refractivity contribution in [2.45, 2.75) is 49.0 Å². The Hall–Kier alpha value is -2.86. The first-order chi connectivity index (χ1) is 21.6. The lowest BCUT2D eigenvalue weighted by Crippen LogP contribution is -2.41. The highest BCUT2D eigenvalue weighted by atomic mass is 32.7. The number of aromatic nitrogens is 9. The van der Waals surface area contributed by atoms with Crippen molar-refractivity contribution in [3.8, 4) is 0 Å². The molecule has 3 saturated heterocycles. The fraction of sp³-hybridized carbons (Fsp3) is 0.526. The molecule has 0 radical (unpaired) electrons. The van der Waals surface area contributed by atoms with Gasteiger partial charge in [-0.2, -0.15) is 18.4 Å². The summed E-state index contributed by atoms with van der Waals surface area (Å²) in [6.07, 6.45) is -11.8. The van der Waals surface area contributed by atoms with Crippen molar-refractivity contribution in [3.05, 3.63) is 23.0 Å². The number of fused-ring (bicyclic) bond motifs is 5. The fourth-order valence-corrected chi connectivity index (χ4v) is 8.04. The van der Waals surface area contributed by atoms with Crippen molar-refractivity contribution >= 4 is 72.2 Å². The zero-order valence-corrected chi connectivity index (χ0v) is 26.0. The van der Waals surface area contributed by atoms with Crippen LogP contribution in [-0.4, -0.2) is 94.2 Å². The van der Waals surface area contributed by atoms with E-state index in [1.165, 1.54) is 0 Å². The number of thiol groups is 2. The molecule has 5 N–H and O–H groups in total. The van der Waals surface area contributed by atoms with Gasteiger partial charge in [-0.05, 0) is 0 Å². The summed E-state index contributed by atoms with van der Waals surface area (Å²) in [5, 5.41) is 7.36. The maximum Gasteiger partial charge on any atom is 0.386 e. The number of hydrogen-bond acceptors (Lipinski definition) is 17. The van der Waals surface area contributed by atoms with Crippen LogP contribution < -0.4 is 17.0 Å². The standard InChI is InChI=1S/C19H20F3N11O9P2S2/c20-7-5-1-37-44(36,46)42-11-6(40-17(19(11,21)22)33-13-8(30-31-33)12(23)25-3-26-13)2-38-43(35,45)41-10(7)16(39-5)32-4-27-9-14(32)28-18(24)29-15(9)34/h3-7,10-11,16-17H,1-2H2,(H,35,45)(H,36,46)(H2,23,25,26)(H3,24,28,29,34)/t5-,6-,7-,10-,11-,16-,17-,43?,44?/m1/s1. The number of alkyl halides is 3. The minimum atomic E-state index is -4.77. The highest BCUT2D eigenvalue weighted by molar-refractivity contribution is 8.44. The third kappa shape index (κ3) is 5.37. The van der Waals surface area contributed by atoms with Crippen LogP contribution in [0.4, 0.5) is 24.9 Å². The third-order valence-corrected chi connectivity index (χ3v) is 10.4. The fourth-order valence-electron chi connectivity index (χ4n) is 5.13. The Morgan fingerprint density at radius 2 is 1.72 bits per heavy atom. The average Bonchev–Trinajstić information content (AvgIpc) is 3.71. The summed E-state index contributed by atoms with van der Waals surface area (Å²) < 4.78 is 108. The van der Waals surface area contributed by atoms with Gasteiger partial charge in [-0.3, -0.25) is 32.4 Å². The Balaban J connectivity index is 1.23. The number of ether oxygens (including phenoxy) is 2. The topological polar surface area (TPSA) is 262 Å². The van der Waals surface area contributed by atoms with Crippen molar-refractivity contribution in [2.24, 2.45) is 0 Å². The van der Waals surface area contributed by atoms with E-state index in [0.29, 0.717) is 4.68 Å². The molecular weight excluding hydrogens is 709 g/mol. The van der Waals surface area contributed by atoms with Gasteiger partial charge in [-0.1, -0.05) is 29.7 Å². The zero-order chi connectivity index (χ0) is 32.8. The number of H-pyrrole nitrogens is 1. The second-order valence-corrected chi connectivity index (χ2v) is 15.8. The molecule has 46 heavy (non-hydrogen) atoms. The first kappa shape index (κ1) is 31.7. The molecule has 0 aliphatic carbocycles. The Morgan fingerprint density at radius 1 is 1.00 bits per heavy atom. The molecule has 0 saturated carbocycles. The molecule has 20 nitrogen and oxygen atoms in total. The molecule has 3 aliphatic rings. The maximum atomic E-state index is 16.0. The number of halogens is 3. The van der Waals surface area contributed by atoms with Crippen LogP contribution in [-0.2, 0) is 36.7 Å². The molecule has 2 bridgehead atoms. The predicted molar refractivity (Wildman–Crippen MR) is 153 cm³/mol. The molecule has 4 aromatic heterocycles. The molecule has 2 unspecified atom stereocenters. The molecule has 0 amide bonds. The Bertz CT molecular complexity index is 2000. The van der Waals surface area contributed by atoms with E-state index in [9.17, 15) is 13.9 Å². The predicted octanol–water partition coefficient (Wildman–Crippen LogP) is 1.18. The molecule has 27 heteroatoms. The van der Waals surface area contributed by atoms with Crippen molar-refractivity contribution < 1.29 is 49.9 Å². The molecule has 248 valence electrons. The van der Waals surface area contributed by atoms with Gasteiger partial charge in [0.1, 0.15) is 24.6 Å². The van der Waals surface area contributed by atoms with E-state index in [1.54, 1.807) is 0 Å². The van der Waals surface area contributed by atoms with Crippen molar-refractivity contribution in [3.63, 3.8) is 0 Å². The number of nitrogens with zero attached hydrogens (tertiary/aromatic N) is 8. The van der Waals surface area contributed by atoms with Crippen LogP contribution in [0.2, 0.25) is 0 Å². The van der Waals surface area contributed by atoms with E-state index in [2.05, 4.69) is 59.7 Å². The summed E-state index contributed by atoms with van der Waals surface area (Å²) >= 11 is 7.71. The minimum Gasteiger partial charge on any atom is -0.382 e. The average molecular weight is 730 g/mol. The number of nitrogens with two attached hydrogens (primary N) is 2. The van der Waals surface area contributed by atoms with E-state index >= 15 is 13.2 Å². The second kappa shape index (κ2) is 11.1. The summed E-state index contributed by atoms with van der Waals surface area (Å²) in [7, 11) is 0. The number of hydrogen-bond donors (Lipinski definition) is 5. The van der Waals surface area contributed by atoms with Crippen LogP contribution in [0.25, 0.3) is 22.3 Å². The summed E-state index contributed by atoms with van der Waals surface area (Å²) in [6.45, 7) is -11.3. The molecular formula is C19H20F3N11O9P2S2. The van der Waals surface area contributed by atoms with Crippen LogP contribution in [0, 0.1) is 0 Å². The molecule has 3 fully saturated rings. The van der Waals surface area contributed by atoms with Gasteiger partial charge in [-0.25, -0.2) is 28.5 Å². The second-order valence-electron chi connectivity index (χ2n) is 10.1. The number of aromatic amines is 1. The first-order valence-corrected chi connectivity index (χ1v) is 18.2. The van der Waals surface area contributed by atoms with Gasteiger partial charge in [0.2, 0.25) is 12.2 Å². The highest BCUT2D eigenvalue weighted by Gasteiger charge is 2.64. The van der Waals surface area contributed by atoms with Crippen LogP contribution >= 0.6 is 38.1 Å². The van der Waals surface area contributed by atoms with E-state index in [-0.39, 0.29) is 34.1 Å². The molecule has 9 atom stereocenters. The number of nitrogen functional groups attached to an aromatic ring is 2. The highest BCUT2D eigenvalue weighted by Crippen LogP contribution is 2.62. The Morgan fingerprint density at radius 3 is 2.48 bits per heavy atom. The van der Waals surface area contributed by atoms with Gasteiger partial charge in [0.25, 0.3) is 5.56 Å². The summed E-state index contributed by atoms with van der Waals surface area (Å²) in [4.78, 5) is 30.1. The van der Waals surface area contributed by atoms with Gasteiger partial charge >= 0.3 is 19.5 Å². The molecule has 7 rings (SSSR count). The van der Waals surface area contributed by atoms with Crippen LogP contribution in [0.1, 0.15) is 12.5 Å². The molecule has 4 aromatic rings. The van der Waals surface area contributed by atoms with E-state index in [4.69, 9.17) is 39.0 Å². The van der Waals surface area contributed by atoms with Gasteiger partial charge in [0, 0.05) is 0 Å². The maximum absolute atomic E-state index is 16.0. The monoisotopic (exact) mass is 729 g/mol. The van der Waals surface area contributed by atoms with Crippen LogP contribution in [0.15, 0.2) is 17.4 Å². The molecule has 0 aromatic carbocycles. The SMILES string of the molecule is Nc1nc2c(ncn2[C@@H]2O[C@@H]3COP(=O)(S)O[C@@H]4[C@@H](COP(=O)(S)O[C@@H]2[C@@H]3F)O[C@@H](n2nnc3c(N)ncnc32)C4(F)F)c(=O)[nH]1. The van der Waals surface area contributed by atoms with Gasteiger partial charge in [0.05, 0.1) is 19.5 Å². The smallest absolute Gasteiger partial charge is 0.382 e. The van der Waals surface area contributed by atoms with E-state index < -0.39 is 81.3 Å². The third-order valence-electron chi connectivity index (χ3n) is 7.16. The van der Waals surface area contributed by atoms with E-state index in [1.807, 2.05) is 0 Å². The van der Waals surface area contributed by atoms with Gasteiger partial charge < -0.3 is 20.9 Å². The lowest BCUT2D eigenvalue weighted by Gasteiger charge is -2.27. The van der Waals surface area contributed by atoms with Crippen molar-refractivity contribution in [2.75, 3.05) is 24.7 Å². The summed E-state index contributed by atoms with van der Waals surface area (Å²) in [5.41, 5.74) is 9.95. The number of nitrogens with one attached hydrogen (secondary N) is 1. The number of anilines is 2. The molecule has 0 spiro atoms. The summed E-state index contributed by atoms with van der Waals surface area (Å²) in [6, 6.07) is 0. The van der Waals surface area contributed by atoms with Gasteiger partial charge in [-0.15, -0.1) is 5.10 Å². The van der Waals surface area contributed by atoms with Crippen LogP contribution in [0.3, 0.4) is 0 Å². The van der Waals surface area contributed by atoms with E-state index in [0.717, 1.165) is 17.2 Å². The van der Waals surface area contributed by atoms with Crippen LogP contribution in [0.5, 0.6) is 0 Å². The lowest BCUT2D eigenvalue weighted by molar-refractivity contribution is -0.139. The molecule has 3 aliphatic heterocycles. The Kier molecular flexibility index (Phi) is 7.66. The van der Waals surface area contributed by atoms with Crippen molar-refractivity contribution in [1.82, 2.24) is 44.5 Å². The minimum absolute atomic E-state index is 0.114. The first-order valence-electron chi connectivity index (χ1n) is 12.8. The number of imidazole rings is 1. The van der Waals surface area contributed by atoms with Gasteiger partial charge in [0.15, 0.2) is 46.6 Å².